The van der Waals surface area contributed by atoms with E-state index in [1.165, 1.54) is 12.1 Å². The van der Waals surface area contributed by atoms with Crippen LogP contribution < -0.4 is 15.8 Å². The van der Waals surface area contributed by atoms with E-state index in [2.05, 4.69) is 30.0 Å². The average Bonchev–Trinajstić information content (AvgIpc) is 3.39. The van der Waals surface area contributed by atoms with E-state index in [0.29, 0.717) is 30.1 Å². The Morgan fingerprint density at radius 1 is 1.03 bits per heavy atom. The molecule has 168 valence electrons. The minimum absolute atomic E-state index is 0.256. The largest absolute Gasteiger partial charge is 0.573 e. The second-order valence-corrected chi connectivity index (χ2v) is 7.52. The number of nitrogens with two attached hydrogens (primary N) is 1. The molecule has 0 radical (unpaired) electrons. The average molecular weight is 452 g/mol. The molecule has 5 rings (SSSR count). The number of H-pyrrole nitrogens is 2. The van der Waals surface area contributed by atoms with Gasteiger partial charge in [-0.05, 0) is 59.3 Å². The van der Waals surface area contributed by atoms with E-state index in [9.17, 15) is 13.2 Å². The Kier molecular flexibility index (Phi) is 5.04. The molecule has 0 aliphatic carbocycles. The SMILES string of the molecule is Nc1nc(NCCc2c[nH]c3ccc(OC(F)(F)F)cc23)ncc1-c1ccc2[nH]ccc2c1. The number of halogens is 3. The summed E-state index contributed by atoms with van der Waals surface area (Å²) in [5.74, 6) is 0.469. The van der Waals surface area contributed by atoms with Crippen molar-refractivity contribution in [2.45, 2.75) is 12.8 Å². The van der Waals surface area contributed by atoms with E-state index >= 15 is 0 Å². The van der Waals surface area contributed by atoms with Gasteiger partial charge in [0.15, 0.2) is 0 Å². The molecule has 2 aromatic carbocycles. The number of anilines is 2. The maximum absolute atomic E-state index is 12.5. The number of aromatic amines is 2. The second-order valence-electron chi connectivity index (χ2n) is 7.52. The van der Waals surface area contributed by atoms with Gasteiger partial charge >= 0.3 is 6.36 Å². The van der Waals surface area contributed by atoms with Gasteiger partial charge in [0, 0.05) is 47.1 Å². The lowest BCUT2D eigenvalue weighted by molar-refractivity contribution is -0.274. The fourth-order valence-corrected chi connectivity index (χ4v) is 3.79. The van der Waals surface area contributed by atoms with Crippen LogP contribution in [0.25, 0.3) is 32.9 Å². The maximum atomic E-state index is 12.5. The van der Waals surface area contributed by atoms with Crippen molar-refractivity contribution >= 4 is 33.6 Å². The molecule has 0 amide bonds. The summed E-state index contributed by atoms with van der Waals surface area (Å²) in [5.41, 5.74) is 10.4. The third-order valence-corrected chi connectivity index (χ3v) is 5.33. The number of rotatable bonds is 6. The molecule has 0 bridgehead atoms. The monoisotopic (exact) mass is 452 g/mol. The van der Waals surface area contributed by atoms with Gasteiger partial charge < -0.3 is 25.8 Å². The Bertz CT molecular complexity index is 1440. The lowest BCUT2D eigenvalue weighted by Crippen LogP contribution is -2.17. The Labute approximate surface area is 185 Å². The summed E-state index contributed by atoms with van der Waals surface area (Å²) in [7, 11) is 0. The fraction of sp³-hybridized carbons (Fsp3) is 0.130. The topological polar surface area (TPSA) is 105 Å². The standard InChI is InChI=1S/C23H19F3N6O/c24-23(25,26)33-16-2-4-20-17(10-16)15(11-30-20)6-8-29-22-31-12-18(21(27)32-22)13-1-3-19-14(9-13)5-7-28-19/h1-5,7,9-12,28,30H,6,8H2,(H3,27,29,31,32). The van der Waals surface area contributed by atoms with Crippen LogP contribution >= 0.6 is 0 Å². The number of aromatic nitrogens is 4. The molecule has 3 heterocycles. The zero-order valence-corrected chi connectivity index (χ0v) is 17.2. The predicted octanol–water partition coefficient (Wildman–Crippen LogP) is 5.24. The summed E-state index contributed by atoms with van der Waals surface area (Å²) >= 11 is 0. The molecule has 5 N–H and O–H groups in total. The molecule has 0 spiro atoms. The Morgan fingerprint density at radius 3 is 2.70 bits per heavy atom. The highest BCUT2D eigenvalue weighted by atomic mass is 19.4. The molecule has 0 saturated heterocycles. The number of alkyl halides is 3. The first-order valence-corrected chi connectivity index (χ1v) is 10.2. The molecule has 0 saturated carbocycles. The van der Waals surface area contributed by atoms with E-state index in [0.717, 1.165) is 33.1 Å². The molecule has 0 unspecified atom stereocenters. The van der Waals surface area contributed by atoms with Gasteiger partial charge in [0.2, 0.25) is 5.95 Å². The molecule has 0 atom stereocenters. The molecular weight excluding hydrogens is 433 g/mol. The van der Waals surface area contributed by atoms with Gasteiger partial charge in [-0.1, -0.05) is 6.07 Å². The van der Waals surface area contributed by atoms with Crippen molar-refractivity contribution in [1.29, 1.82) is 0 Å². The van der Waals surface area contributed by atoms with Gasteiger partial charge in [-0.2, -0.15) is 4.98 Å². The maximum Gasteiger partial charge on any atom is 0.573 e. The first kappa shape index (κ1) is 20.7. The highest BCUT2D eigenvalue weighted by Gasteiger charge is 2.31. The van der Waals surface area contributed by atoms with Gasteiger partial charge in [0.1, 0.15) is 11.6 Å². The van der Waals surface area contributed by atoms with Crippen molar-refractivity contribution in [3.8, 4) is 16.9 Å². The van der Waals surface area contributed by atoms with Crippen LogP contribution in [-0.4, -0.2) is 32.8 Å². The van der Waals surface area contributed by atoms with E-state index in [1.54, 1.807) is 18.5 Å². The molecule has 10 heteroatoms. The minimum Gasteiger partial charge on any atom is -0.406 e. The quantitative estimate of drug-likeness (QED) is 0.282. The van der Waals surface area contributed by atoms with Crippen molar-refractivity contribution < 1.29 is 17.9 Å². The van der Waals surface area contributed by atoms with Crippen molar-refractivity contribution in [3.05, 3.63) is 66.6 Å². The molecule has 0 aliphatic rings. The number of hydrogen-bond donors (Lipinski definition) is 4. The van der Waals surface area contributed by atoms with Gasteiger partial charge in [-0.15, -0.1) is 13.2 Å². The van der Waals surface area contributed by atoms with Crippen LogP contribution in [-0.2, 0) is 6.42 Å². The van der Waals surface area contributed by atoms with E-state index in [1.807, 2.05) is 30.5 Å². The first-order chi connectivity index (χ1) is 15.9. The number of nitrogens with zero attached hydrogens (tertiary/aromatic N) is 2. The lowest BCUT2D eigenvalue weighted by atomic mass is 10.1. The third kappa shape index (κ3) is 4.40. The predicted molar refractivity (Wildman–Crippen MR) is 121 cm³/mol. The van der Waals surface area contributed by atoms with Gasteiger partial charge in [0.05, 0.1) is 0 Å². The van der Waals surface area contributed by atoms with Crippen LogP contribution in [0.5, 0.6) is 5.75 Å². The van der Waals surface area contributed by atoms with Crippen LogP contribution in [0.4, 0.5) is 24.9 Å². The Morgan fingerprint density at radius 2 is 1.88 bits per heavy atom. The van der Waals surface area contributed by atoms with Gasteiger partial charge in [-0.25, -0.2) is 4.98 Å². The van der Waals surface area contributed by atoms with Crippen molar-refractivity contribution in [1.82, 2.24) is 19.9 Å². The van der Waals surface area contributed by atoms with Gasteiger partial charge in [-0.3, -0.25) is 0 Å². The van der Waals surface area contributed by atoms with Gasteiger partial charge in [0.25, 0.3) is 0 Å². The van der Waals surface area contributed by atoms with Crippen LogP contribution in [0.1, 0.15) is 5.56 Å². The van der Waals surface area contributed by atoms with Crippen LogP contribution in [0.2, 0.25) is 0 Å². The number of ether oxygens (including phenoxy) is 1. The smallest absolute Gasteiger partial charge is 0.406 e. The summed E-state index contributed by atoms with van der Waals surface area (Å²) in [6.07, 6.45) is 1.11. The molecule has 3 aromatic heterocycles. The zero-order valence-electron chi connectivity index (χ0n) is 17.2. The lowest BCUT2D eigenvalue weighted by Gasteiger charge is -2.10. The highest BCUT2D eigenvalue weighted by molar-refractivity contribution is 5.87. The second kappa shape index (κ2) is 8.05. The van der Waals surface area contributed by atoms with Crippen LogP contribution in [0, 0.1) is 0 Å². The summed E-state index contributed by atoms with van der Waals surface area (Å²) in [6, 6.07) is 12.1. The number of benzene rings is 2. The molecule has 7 nitrogen and oxygen atoms in total. The summed E-state index contributed by atoms with van der Waals surface area (Å²) < 4.78 is 41.6. The molecular formula is C23H19F3N6O. The van der Waals surface area contributed by atoms with Crippen LogP contribution in [0.15, 0.2) is 61.1 Å². The van der Waals surface area contributed by atoms with Crippen molar-refractivity contribution in [3.63, 3.8) is 0 Å². The Hall–Kier alpha value is -4.21. The van der Waals surface area contributed by atoms with Crippen molar-refractivity contribution in [2.24, 2.45) is 0 Å². The molecule has 33 heavy (non-hydrogen) atoms. The summed E-state index contributed by atoms with van der Waals surface area (Å²) in [6.45, 7) is 0.464. The first-order valence-electron chi connectivity index (χ1n) is 10.2. The number of fused-ring (bicyclic) bond motifs is 2. The zero-order chi connectivity index (χ0) is 23.0. The molecule has 5 aromatic rings. The molecule has 0 aliphatic heterocycles. The number of hydrogen-bond acceptors (Lipinski definition) is 5. The van der Waals surface area contributed by atoms with Crippen molar-refractivity contribution in [2.75, 3.05) is 17.6 Å². The fourth-order valence-electron chi connectivity index (χ4n) is 3.79. The Balaban J connectivity index is 1.27. The summed E-state index contributed by atoms with van der Waals surface area (Å²) in [5, 5.41) is 4.84. The molecule has 0 fully saturated rings. The number of nitrogens with one attached hydrogen (secondary N) is 3. The normalized spacial score (nSPS) is 11.8. The van der Waals surface area contributed by atoms with E-state index < -0.39 is 6.36 Å². The highest BCUT2D eigenvalue weighted by Crippen LogP contribution is 2.29. The van der Waals surface area contributed by atoms with Crippen LogP contribution in [0.3, 0.4) is 0 Å². The summed E-state index contributed by atoms with van der Waals surface area (Å²) in [4.78, 5) is 14.9. The van der Waals surface area contributed by atoms with E-state index in [-0.39, 0.29) is 5.75 Å². The minimum atomic E-state index is -4.73. The third-order valence-electron chi connectivity index (χ3n) is 5.33. The van der Waals surface area contributed by atoms with E-state index in [4.69, 9.17) is 5.73 Å². The number of nitrogen functional groups attached to an aromatic ring is 1.